The van der Waals surface area contributed by atoms with Gasteiger partial charge in [-0.1, -0.05) is 24.6 Å². The monoisotopic (exact) mass is 292 g/mol. The second kappa shape index (κ2) is 6.86. The van der Waals surface area contributed by atoms with Crippen LogP contribution in [0.15, 0.2) is 18.2 Å². The van der Waals surface area contributed by atoms with E-state index in [0.29, 0.717) is 6.54 Å². The van der Waals surface area contributed by atoms with Crippen molar-refractivity contribution in [3.05, 3.63) is 46.0 Å². The molecule has 5 heteroatoms. The third kappa shape index (κ3) is 3.58. The molecule has 0 aliphatic carbocycles. The summed E-state index contributed by atoms with van der Waals surface area (Å²) in [4.78, 5) is 4.65. The number of nitrogens with zero attached hydrogens (tertiary/aromatic N) is 3. The molecule has 2 heterocycles. The van der Waals surface area contributed by atoms with Crippen molar-refractivity contribution in [3.8, 4) is 0 Å². The normalized spacial score (nSPS) is 11.0. The molecule has 4 nitrogen and oxygen atoms in total. The molecule has 108 valence electrons. The maximum Gasteiger partial charge on any atom is 0.0844 e. The first-order valence-corrected chi connectivity index (χ1v) is 7.34. The fourth-order valence-electron chi connectivity index (χ4n) is 2.09. The van der Waals surface area contributed by atoms with Gasteiger partial charge in [-0.3, -0.25) is 9.67 Å². The number of pyridine rings is 1. The lowest BCUT2D eigenvalue weighted by Gasteiger charge is -2.07. The Kier molecular flexibility index (Phi) is 5.15. The van der Waals surface area contributed by atoms with E-state index in [2.05, 4.69) is 22.3 Å². The second-order valence-corrected chi connectivity index (χ2v) is 5.32. The maximum atomic E-state index is 6.17. The van der Waals surface area contributed by atoms with E-state index in [4.69, 9.17) is 11.6 Å². The molecule has 1 N–H and O–H groups in total. The van der Waals surface area contributed by atoms with Crippen molar-refractivity contribution in [1.29, 1.82) is 0 Å². The molecule has 0 atom stereocenters. The van der Waals surface area contributed by atoms with Gasteiger partial charge in [0.1, 0.15) is 0 Å². The standard InChI is InChI=1S/C15H21ClN4/c1-4-8-17-9-13-6-5-7-14(18-13)10-20-12(3)15(16)11(2)19-20/h5-7,17H,4,8-10H2,1-3H3. The van der Waals surface area contributed by atoms with E-state index >= 15 is 0 Å². The van der Waals surface area contributed by atoms with Crippen LogP contribution in [0.1, 0.15) is 36.1 Å². The fraction of sp³-hybridized carbons (Fsp3) is 0.467. The van der Waals surface area contributed by atoms with E-state index in [9.17, 15) is 0 Å². The summed E-state index contributed by atoms with van der Waals surface area (Å²) >= 11 is 6.17. The second-order valence-electron chi connectivity index (χ2n) is 4.94. The zero-order chi connectivity index (χ0) is 14.5. The van der Waals surface area contributed by atoms with Gasteiger partial charge in [0, 0.05) is 6.54 Å². The van der Waals surface area contributed by atoms with Crippen molar-refractivity contribution in [1.82, 2.24) is 20.1 Å². The van der Waals surface area contributed by atoms with Gasteiger partial charge >= 0.3 is 0 Å². The number of halogens is 1. The summed E-state index contributed by atoms with van der Waals surface area (Å²) in [6.45, 7) is 8.53. The molecule has 0 saturated carbocycles. The van der Waals surface area contributed by atoms with Gasteiger partial charge in [-0.05, 0) is 38.9 Å². The van der Waals surface area contributed by atoms with Crippen LogP contribution in [0.25, 0.3) is 0 Å². The zero-order valence-corrected chi connectivity index (χ0v) is 13.0. The summed E-state index contributed by atoms with van der Waals surface area (Å²) in [5.74, 6) is 0. The Labute approximate surface area is 125 Å². The SMILES string of the molecule is CCCNCc1cccc(Cn2nc(C)c(Cl)c2C)n1. The molecule has 0 bridgehead atoms. The lowest BCUT2D eigenvalue weighted by Crippen LogP contribution is -2.15. The van der Waals surface area contributed by atoms with E-state index in [-0.39, 0.29) is 0 Å². The number of aromatic nitrogens is 3. The van der Waals surface area contributed by atoms with Crippen LogP contribution in [0.3, 0.4) is 0 Å². The van der Waals surface area contributed by atoms with Crippen molar-refractivity contribution in [2.75, 3.05) is 6.54 Å². The van der Waals surface area contributed by atoms with E-state index in [0.717, 1.165) is 47.3 Å². The summed E-state index contributed by atoms with van der Waals surface area (Å²) < 4.78 is 1.91. The average Bonchev–Trinajstić information content (AvgIpc) is 2.67. The number of nitrogens with one attached hydrogen (secondary N) is 1. The van der Waals surface area contributed by atoms with Crippen LogP contribution in [-0.4, -0.2) is 21.3 Å². The third-order valence-electron chi connectivity index (χ3n) is 3.20. The lowest BCUT2D eigenvalue weighted by molar-refractivity contribution is 0.632. The lowest BCUT2D eigenvalue weighted by atomic mass is 10.3. The molecule has 0 unspecified atom stereocenters. The number of aryl methyl sites for hydroxylation is 1. The Balaban J connectivity index is 2.09. The van der Waals surface area contributed by atoms with Gasteiger partial charge in [0.05, 0.1) is 34.3 Å². The Morgan fingerprint density at radius 2 is 2.00 bits per heavy atom. The number of hydrogen-bond donors (Lipinski definition) is 1. The molecule has 0 aliphatic rings. The van der Waals surface area contributed by atoms with E-state index in [1.165, 1.54) is 0 Å². The van der Waals surface area contributed by atoms with Crippen molar-refractivity contribution in [3.63, 3.8) is 0 Å². The average molecular weight is 293 g/mol. The van der Waals surface area contributed by atoms with Gasteiger partial charge in [-0.2, -0.15) is 5.10 Å². The molecule has 0 spiro atoms. The van der Waals surface area contributed by atoms with Crippen LogP contribution in [-0.2, 0) is 13.1 Å². The molecule has 2 rings (SSSR count). The molecule has 0 aromatic carbocycles. The Morgan fingerprint density at radius 1 is 1.25 bits per heavy atom. The minimum Gasteiger partial charge on any atom is -0.311 e. The van der Waals surface area contributed by atoms with Crippen LogP contribution >= 0.6 is 11.6 Å². The van der Waals surface area contributed by atoms with Gasteiger partial charge in [-0.25, -0.2) is 0 Å². The highest BCUT2D eigenvalue weighted by molar-refractivity contribution is 6.31. The number of rotatable bonds is 6. The molecule has 2 aromatic heterocycles. The van der Waals surface area contributed by atoms with Crippen LogP contribution < -0.4 is 5.32 Å². The van der Waals surface area contributed by atoms with Crippen molar-refractivity contribution >= 4 is 11.6 Å². The van der Waals surface area contributed by atoms with Crippen LogP contribution in [0.4, 0.5) is 0 Å². The highest BCUT2D eigenvalue weighted by Crippen LogP contribution is 2.19. The van der Waals surface area contributed by atoms with E-state index < -0.39 is 0 Å². The number of hydrogen-bond acceptors (Lipinski definition) is 3. The molecule has 2 aromatic rings. The van der Waals surface area contributed by atoms with E-state index in [1.54, 1.807) is 0 Å². The molecular formula is C15H21ClN4. The maximum absolute atomic E-state index is 6.17. The first-order chi connectivity index (χ1) is 9.61. The van der Waals surface area contributed by atoms with Crippen LogP contribution in [0.5, 0.6) is 0 Å². The van der Waals surface area contributed by atoms with Crippen LogP contribution in [0, 0.1) is 13.8 Å². The quantitative estimate of drug-likeness (QED) is 0.832. The molecule has 0 amide bonds. The molecule has 0 saturated heterocycles. The Hall–Kier alpha value is -1.39. The fourth-order valence-corrected chi connectivity index (χ4v) is 2.23. The topological polar surface area (TPSA) is 42.7 Å². The summed E-state index contributed by atoms with van der Waals surface area (Å²) in [6.07, 6.45) is 1.13. The van der Waals surface area contributed by atoms with Crippen molar-refractivity contribution in [2.24, 2.45) is 0 Å². The zero-order valence-electron chi connectivity index (χ0n) is 12.3. The molecule has 0 fully saturated rings. The van der Waals surface area contributed by atoms with Crippen molar-refractivity contribution in [2.45, 2.75) is 40.3 Å². The molecule has 20 heavy (non-hydrogen) atoms. The third-order valence-corrected chi connectivity index (χ3v) is 3.75. The van der Waals surface area contributed by atoms with Gasteiger partial charge in [0.15, 0.2) is 0 Å². The Bertz CT molecular complexity index is 577. The van der Waals surface area contributed by atoms with Gasteiger partial charge < -0.3 is 5.32 Å². The Morgan fingerprint density at radius 3 is 2.65 bits per heavy atom. The highest BCUT2D eigenvalue weighted by Gasteiger charge is 2.09. The van der Waals surface area contributed by atoms with Gasteiger partial charge in [-0.15, -0.1) is 0 Å². The van der Waals surface area contributed by atoms with Crippen molar-refractivity contribution < 1.29 is 0 Å². The largest absolute Gasteiger partial charge is 0.311 e. The summed E-state index contributed by atoms with van der Waals surface area (Å²) in [7, 11) is 0. The first-order valence-electron chi connectivity index (χ1n) is 6.96. The van der Waals surface area contributed by atoms with Gasteiger partial charge in [0.25, 0.3) is 0 Å². The van der Waals surface area contributed by atoms with Gasteiger partial charge in [0.2, 0.25) is 0 Å². The first kappa shape index (κ1) is 15.0. The molecule has 0 aliphatic heterocycles. The van der Waals surface area contributed by atoms with Crippen LogP contribution in [0.2, 0.25) is 5.02 Å². The highest BCUT2D eigenvalue weighted by atomic mass is 35.5. The predicted molar refractivity (Wildman–Crippen MR) is 82.0 cm³/mol. The molecular weight excluding hydrogens is 272 g/mol. The smallest absolute Gasteiger partial charge is 0.0844 e. The minimum atomic E-state index is 0.654. The summed E-state index contributed by atoms with van der Waals surface area (Å²) in [5, 5.41) is 8.54. The summed E-state index contributed by atoms with van der Waals surface area (Å²) in [6, 6.07) is 6.10. The molecule has 0 radical (unpaired) electrons. The van der Waals surface area contributed by atoms with E-state index in [1.807, 2.05) is 36.7 Å². The minimum absolute atomic E-state index is 0.654. The summed E-state index contributed by atoms with van der Waals surface area (Å²) in [5.41, 5.74) is 3.91. The predicted octanol–water partition coefficient (Wildman–Crippen LogP) is 3.10.